The Morgan fingerprint density at radius 3 is 1.46 bits per heavy atom. The smallest absolute Gasteiger partial charge is 0.0126 e. The van der Waals surface area contributed by atoms with E-state index in [0.717, 1.165) is 15.4 Å². The number of halogens is 4. The van der Waals surface area contributed by atoms with Gasteiger partial charge in [0.1, 0.15) is 0 Å². The Labute approximate surface area is 379 Å². The summed E-state index contributed by atoms with van der Waals surface area (Å²) in [5, 5.41) is 0. The molecule has 1 aliphatic carbocycles. The second kappa shape index (κ2) is 20.1. The van der Waals surface area contributed by atoms with Gasteiger partial charge in [0.25, 0.3) is 0 Å². The first kappa shape index (κ1) is 45.7. The van der Waals surface area contributed by atoms with E-state index in [4.69, 9.17) is 0 Å². The zero-order chi connectivity index (χ0) is 38.5. The molecule has 0 aromatic heterocycles. The second-order valence-corrected chi connectivity index (χ2v) is 18.8. The Kier molecular flexibility index (Phi) is 16.4. The topological polar surface area (TPSA) is 0 Å². The molecule has 5 heteroatoms. The average Bonchev–Trinajstić information content (AvgIpc) is 3.86. The summed E-state index contributed by atoms with van der Waals surface area (Å²) in [6.45, 7) is 13.9. The minimum absolute atomic E-state index is 0. The van der Waals surface area contributed by atoms with E-state index in [1.807, 2.05) is 30.3 Å². The summed E-state index contributed by atoms with van der Waals surface area (Å²) in [4.78, 5) is 0. The number of rotatable bonds is 4. The molecule has 56 heavy (non-hydrogen) atoms. The Morgan fingerprint density at radius 2 is 1.02 bits per heavy atom. The summed E-state index contributed by atoms with van der Waals surface area (Å²) in [7, 11) is 0. The van der Waals surface area contributed by atoms with E-state index in [1.165, 1.54) is 94.2 Å². The van der Waals surface area contributed by atoms with Crippen molar-refractivity contribution in [2.75, 3.05) is 0 Å². The van der Waals surface area contributed by atoms with Crippen LogP contribution >= 0.6 is 31.9 Å². The standard InChI is InChI=1S/C33H33.C13H8Br2.C5H5.2ClH.Zr/c1-32(2,3)30-20-26-24(18-28(30)22-13-9-7-10-14-22)17-25-19-29(23-15-11-8-12-16-23)31(21-27(25)26)33(4,5)6;14-12-5-1-10(2-6-12)9-11-3-7-13(15)8-4-11;1-2-4-5-3-1;;;/h7-16,18,20-21H,17H2,1-6H3;1-8H;1-5H;2*1H;/q-1;;-1;;;+2/p-2. The maximum atomic E-state index is 3.88. The molecule has 0 nitrogen and oxygen atoms in total. The molecule has 7 aromatic rings. The molecule has 0 amide bonds. The molecule has 0 saturated heterocycles. The van der Waals surface area contributed by atoms with Gasteiger partial charge in [0.15, 0.2) is 0 Å². The van der Waals surface area contributed by atoms with Crippen molar-refractivity contribution in [1.29, 1.82) is 0 Å². The van der Waals surface area contributed by atoms with Crippen molar-refractivity contribution in [3.05, 3.63) is 206 Å². The maximum absolute atomic E-state index is 3.88. The van der Waals surface area contributed by atoms with Crippen LogP contribution in [0.25, 0.3) is 33.4 Å². The van der Waals surface area contributed by atoms with Crippen molar-refractivity contribution >= 4 is 35.1 Å². The Morgan fingerprint density at radius 1 is 0.554 bits per heavy atom. The fraction of sp³-hybridized carbons (Fsp3) is 0.176. The van der Waals surface area contributed by atoms with Gasteiger partial charge in [-0.25, -0.2) is 12.1 Å². The van der Waals surface area contributed by atoms with Crippen LogP contribution in [-0.4, -0.2) is 3.21 Å². The van der Waals surface area contributed by atoms with Gasteiger partial charge >= 0.3 is 128 Å². The first-order valence-electron chi connectivity index (χ1n) is 18.4. The van der Waals surface area contributed by atoms with E-state index >= 15 is 0 Å². The molecular formula is C51H46Br2Cl2Zr-2. The quantitative estimate of drug-likeness (QED) is 0.155. The van der Waals surface area contributed by atoms with E-state index in [0.29, 0.717) is 0 Å². The van der Waals surface area contributed by atoms with Gasteiger partial charge in [-0.2, -0.15) is 18.2 Å². The Hall–Kier alpha value is -3.04. The van der Waals surface area contributed by atoms with E-state index in [1.54, 1.807) is 0 Å². The first-order chi connectivity index (χ1) is 25.8. The second-order valence-electron chi connectivity index (χ2n) is 15.8. The van der Waals surface area contributed by atoms with Crippen molar-refractivity contribution < 1.29 is 49.0 Å². The van der Waals surface area contributed by atoms with Crippen LogP contribution in [0.15, 0.2) is 167 Å². The van der Waals surface area contributed by atoms with Gasteiger partial charge in [0.05, 0.1) is 0 Å². The Balaban J connectivity index is 0.000000252. The van der Waals surface area contributed by atoms with E-state index < -0.39 is 0 Å². The number of benzene rings is 6. The van der Waals surface area contributed by atoms with Gasteiger partial charge in [0.2, 0.25) is 0 Å². The summed E-state index contributed by atoms with van der Waals surface area (Å²) in [6.07, 6.45) is 0.944. The molecule has 0 saturated carbocycles. The van der Waals surface area contributed by atoms with Crippen LogP contribution < -0.4 is 24.8 Å². The SMILES string of the molecule is Brc1ccc([C](=[Zr+2])c2ccc(Br)cc2)cc1.CC(C)(C)c1cc2c([c-]c1-c1ccccc1)Cc1cc(-c3ccccc3)c(C(C)(C)C)cc1-2.[Cl-].[Cl-].c1cc[cH-]c1. The summed E-state index contributed by atoms with van der Waals surface area (Å²) >= 11 is 8.34. The molecule has 1 aliphatic rings. The molecule has 0 heterocycles. The minimum Gasteiger partial charge on any atom is -1.00 e. The third-order valence-electron chi connectivity index (χ3n) is 9.64. The molecule has 284 valence electrons. The molecule has 0 fully saturated rings. The average molecular weight is 981 g/mol. The van der Waals surface area contributed by atoms with Crippen molar-refractivity contribution in [2.45, 2.75) is 58.8 Å². The fourth-order valence-electron chi connectivity index (χ4n) is 6.82. The van der Waals surface area contributed by atoms with Crippen LogP contribution in [0.3, 0.4) is 0 Å². The van der Waals surface area contributed by atoms with Crippen LogP contribution in [0.1, 0.15) is 74.9 Å². The zero-order valence-corrected chi connectivity index (χ0v) is 39.9. The molecule has 7 aromatic carbocycles. The summed E-state index contributed by atoms with van der Waals surface area (Å²) in [5.41, 5.74) is 16.1. The van der Waals surface area contributed by atoms with Gasteiger partial charge in [0, 0.05) is 0 Å². The normalized spacial score (nSPS) is 11.3. The molecule has 0 radical (unpaired) electrons. The number of hydrogen-bond donors (Lipinski definition) is 0. The fourth-order valence-corrected chi connectivity index (χ4v) is 8.17. The van der Waals surface area contributed by atoms with Gasteiger partial charge < -0.3 is 24.8 Å². The van der Waals surface area contributed by atoms with Crippen molar-refractivity contribution in [1.82, 2.24) is 0 Å². The van der Waals surface area contributed by atoms with Gasteiger partial charge in [-0.15, -0.1) is 28.8 Å². The van der Waals surface area contributed by atoms with Crippen molar-refractivity contribution in [3.63, 3.8) is 0 Å². The molecule has 0 aliphatic heterocycles. The van der Waals surface area contributed by atoms with Crippen LogP contribution in [0.4, 0.5) is 0 Å². The molecular weight excluding hydrogens is 934 g/mol. The van der Waals surface area contributed by atoms with Crippen molar-refractivity contribution in [3.8, 4) is 33.4 Å². The molecule has 0 bridgehead atoms. The summed E-state index contributed by atoms with van der Waals surface area (Å²) in [6, 6.07) is 59.8. The van der Waals surface area contributed by atoms with Gasteiger partial charge in [-0.3, -0.25) is 0 Å². The summed E-state index contributed by atoms with van der Waals surface area (Å²) < 4.78 is 3.62. The predicted octanol–water partition coefficient (Wildman–Crippen LogP) is 8.73. The van der Waals surface area contributed by atoms with Gasteiger partial charge in [-0.1, -0.05) is 131 Å². The zero-order valence-electron chi connectivity index (χ0n) is 32.7. The maximum Gasteiger partial charge on any atom is -0.0126 e. The number of fused-ring (bicyclic) bond motifs is 3. The van der Waals surface area contributed by atoms with Crippen molar-refractivity contribution in [2.24, 2.45) is 0 Å². The third-order valence-corrected chi connectivity index (χ3v) is 12.1. The van der Waals surface area contributed by atoms with E-state index in [9.17, 15) is 0 Å². The Bertz CT molecular complexity index is 2150. The first-order valence-corrected chi connectivity index (χ1v) is 21.3. The van der Waals surface area contributed by atoms with Crippen LogP contribution in [0.2, 0.25) is 0 Å². The molecule has 0 unspecified atom stereocenters. The molecule has 8 rings (SSSR count). The largest absolute Gasteiger partial charge is 1.00 e. The summed E-state index contributed by atoms with van der Waals surface area (Å²) in [5.74, 6) is 0. The molecule has 0 spiro atoms. The minimum atomic E-state index is 0. The van der Waals surface area contributed by atoms with Crippen LogP contribution in [0, 0.1) is 6.07 Å². The van der Waals surface area contributed by atoms with Gasteiger partial charge in [-0.05, 0) is 39.5 Å². The van der Waals surface area contributed by atoms with Crippen LogP contribution in [-0.2, 0) is 41.5 Å². The van der Waals surface area contributed by atoms with Crippen LogP contribution in [0.5, 0.6) is 0 Å². The number of hydrogen-bond acceptors (Lipinski definition) is 0. The third kappa shape index (κ3) is 11.3. The monoisotopic (exact) mass is 976 g/mol. The molecule has 0 atom stereocenters. The predicted molar refractivity (Wildman–Crippen MR) is 235 cm³/mol. The van der Waals surface area contributed by atoms with E-state index in [-0.39, 0.29) is 35.6 Å². The van der Waals surface area contributed by atoms with E-state index in [2.05, 4.69) is 207 Å². The molecule has 0 N–H and O–H groups in total.